The first-order valence-electron chi connectivity index (χ1n) is 23.3. The second-order valence-corrected chi connectivity index (χ2v) is 19.8. The number of piperidine rings is 1. The van der Waals surface area contributed by atoms with Crippen LogP contribution in [0.1, 0.15) is 159 Å². The van der Waals surface area contributed by atoms with Crippen molar-refractivity contribution in [3.8, 4) is 0 Å². The minimum atomic E-state index is -0.659. The van der Waals surface area contributed by atoms with Crippen LogP contribution in [-0.2, 0) is 35.0 Å². The van der Waals surface area contributed by atoms with Crippen LogP contribution in [0.4, 0.5) is 4.79 Å². The van der Waals surface area contributed by atoms with Gasteiger partial charge >= 0.3 is 12.1 Å². The maximum absolute atomic E-state index is 14.7. The van der Waals surface area contributed by atoms with Crippen molar-refractivity contribution in [1.29, 1.82) is 0 Å². The first kappa shape index (κ1) is 51.6. The summed E-state index contributed by atoms with van der Waals surface area (Å²) in [5.74, 6) is -1.57. The molecule has 4 amide bonds. The first-order valence-corrected chi connectivity index (χ1v) is 24.2. The number of alkyl carbamates (subject to hydrolysis) is 1. The number of likely N-dealkylation sites (N-methyl/N-ethyl adjacent to an activating group) is 1. The summed E-state index contributed by atoms with van der Waals surface area (Å²) in [7, 11) is 1.98. The molecule has 0 spiro atoms. The summed E-state index contributed by atoms with van der Waals surface area (Å²) in [6, 6.07) is 6.19. The second kappa shape index (κ2) is 24.3. The monoisotopic (exact) mass is 897 g/mol. The number of aromatic nitrogens is 1. The summed E-state index contributed by atoms with van der Waals surface area (Å²) < 4.78 is 17.6. The molecule has 352 valence electrons. The predicted octanol–water partition coefficient (Wildman–Crippen LogP) is 7.56. The lowest BCUT2D eigenvalue weighted by molar-refractivity contribution is -0.150. The van der Waals surface area contributed by atoms with Gasteiger partial charge in [-0.2, -0.15) is 0 Å². The molecule has 2 unspecified atom stereocenters. The van der Waals surface area contributed by atoms with Gasteiger partial charge in [0.05, 0.1) is 18.5 Å². The highest BCUT2D eigenvalue weighted by Crippen LogP contribution is 2.35. The van der Waals surface area contributed by atoms with Crippen LogP contribution in [0.2, 0.25) is 0 Å². The van der Waals surface area contributed by atoms with E-state index in [1.807, 2.05) is 50.1 Å². The molecule has 2 aromatic rings. The van der Waals surface area contributed by atoms with Crippen LogP contribution in [0.15, 0.2) is 29.6 Å². The molecule has 14 nitrogen and oxygen atoms in total. The largest absolute Gasteiger partial charge is 0.460 e. The summed E-state index contributed by atoms with van der Waals surface area (Å²) in [4.78, 5) is 77.0. The van der Waals surface area contributed by atoms with E-state index in [2.05, 4.69) is 48.5 Å². The van der Waals surface area contributed by atoms with Crippen LogP contribution in [-0.4, -0.2) is 114 Å². The van der Waals surface area contributed by atoms with E-state index in [9.17, 15) is 24.0 Å². The van der Waals surface area contributed by atoms with Gasteiger partial charge in [0.15, 0.2) is 0 Å². The Morgan fingerprint density at radius 2 is 1.75 bits per heavy atom. The molecule has 3 N–H and O–H groups in total. The number of nitrogens with one attached hydrogen (secondary N) is 3. The number of ether oxygens (including phenoxy) is 3. The third-order valence-corrected chi connectivity index (χ3v) is 13.0. The molecular weight excluding hydrogens is 821 g/mol. The van der Waals surface area contributed by atoms with Crippen molar-refractivity contribution in [3.63, 3.8) is 0 Å². The van der Waals surface area contributed by atoms with Gasteiger partial charge in [-0.3, -0.25) is 24.1 Å². The second-order valence-electron chi connectivity index (χ2n) is 18.9. The molecule has 63 heavy (non-hydrogen) atoms. The van der Waals surface area contributed by atoms with Crippen molar-refractivity contribution in [2.45, 2.75) is 175 Å². The minimum absolute atomic E-state index is 0.0618. The van der Waals surface area contributed by atoms with E-state index in [0.29, 0.717) is 37.4 Å². The van der Waals surface area contributed by atoms with Crippen LogP contribution in [0.25, 0.3) is 0 Å². The molecule has 4 rings (SSSR count). The third kappa shape index (κ3) is 15.0. The van der Waals surface area contributed by atoms with Gasteiger partial charge in [0.2, 0.25) is 11.8 Å². The van der Waals surface area contributed by atoms with Gasteiger partial charge in [0, 0.05) is 37.0 Å². The Morgan fingerprint density at radius 1 is 1.02 bits per heavy atom. The molecule has 1 aliphatic heterocycles. The van der Waals surface area contributed by atoms with Crippen LogP contribution in [0.3, 0.4) is 0 Å². The smallest absolute Gasteiger partial charge is 0.407 e. The van der Waals surface area contributed by atoms with Gasteiger partial charge in [0.1, 0.15) is 34.6 Å². The Balaban J connectivity index is 1.49. The summed E-state index contributed by atoms with van der Waals surface area (Å²) in [5.41, 5.74) is 1.41. The standard InChI is InChI=1S/C48H76N6O8S/c1-12-22-54(45(57)41(31(6)14-3)52-43(56)38-21-17-18-23-53(38)11)39(30(4)5)27-40(60-24-13-2)44-51-37(29-63-44)42(55)50-34-25-33-19-15-16-20-35(33)36(26-34)46(58)61-32(7)28-49-47(59)62-48(8,9)10/h15-16,19-20,29-32,34,36,38-41H,12-14,17-18,21-28H2,1-11H3,(H,49,59)(H,50,55)(H,52,56)/t31-,32?,34-,36+,38+,39?,40+,41-/m0/s1. The van der Waals surface area contributed by atoms with Crippen LogP contribution >= 0.6 is 11.3 Å². The average molecular weight is 897 g/mol. The Bertz CT molecular complexity index is 1810. The number of carbonyl (C=O) groups is 5. The number of hydrogen-bond donors (Lipinski definition) is 3. The first-order chi connectivity index (χ1) is 29.9. The van der Waals surface area contributed by atoms with Crippen molar-refractivity contribution in [2.24, 2.45) is 11.8 Å². The summed E-state index contributed by atoms with van der Waals surface area (Å²) in [6.07, 6.45) is 4.77. The highest BCUT2D eigenvalue weighted by atomic mass is 32.1. The van der Waals surface area contributed by atoms with E-state index in [1.54, 1.807) is 33.1 Å². The third-order valence-electron chi connectivity index (χ3n) is 12.1. The van der Waals surface area contributed by atoms with E-state index in [-0.39, 0.29) is 59.9 Å². The number of rotatable bonds is 21. The van der Waals surface area contributed by atoms with Crippen molar-refractivity contribution < 1.29 is 38.2 Å². The van der Waals surface area contributed by atoms with E-state index in [0.717, 1.165) is 56.2 Å². The Hall–Kier alpha value is -4.08. The van der Waals surface area contributed by atoms with E-state index in [4.69, 9.17) is 19.2 Å². The zero-order valence-corrected chi connectivity index (χ0v) is 40.6. The van der Waals surface area contributed by atoms with Gasteiger partial charge in [-0.05, 0) is 103 Å². The molecule has 1 fully saturated rings. The normalized spacial score (nSPS) is 20.3. The minimum Gasteiger partial charge on any atom is -0.460 e. The molecule has 1 aliphatic carbocycles. The van der Waals surface area contributed by atoms with Crippen molar-refractivity contribution in [2.75, 3.05) is 33.3 Å². The van der Waals surface area contributed by atoms with E-state index >= 15 is 0 Å². The maximum Gasteiger partial charge on any atom is 0.407 e. The molecule has 0 radical (unpaired) electrons. The number of hydrogen-bond acceptors (Lipinski definition) is 11. The quantitative estimate of drug-likeness (QED) is 0.106. The molecule has 2 heterocycles. The highest BCUT2D eigenvalue weighted by molar-refractivity contribution is 7.09. The van der Waals surface area contributed by atoms with Crippen molar-refractivity contribution in [3.05, 3.63) is 51.5 Å². The number of fused-ring (bicyclic) bond motifs is 1. The molecule has 1 aromatic heterocycles. The Morgan fingerprint density at radius 3 is 2.40 bits per heavy atom. The Kier molecular flexibility index (Phi) is 19.9. The predicted molar refractivity (Wildman–Crippen MR) is 247 cm³/mol. The summed E-state index contributed by atoms with van der Waals surface area (Å²) in [5, 5.41) is 11.4. The molecule has 2 aliphatic rings. The molecule has 1 aromatic carbocycles. The number of carbonyl (C=O) groups excluding carboxylic acids is 5. The molecule has 0 bridgehead atoms. The molecule has 1 saturated heterocycles. The zero-order chi connectivity index (χ0) is 46.4. The fraction of sp³-hybridized carbons (Fsp3) is 0.708. The summed E-state index contributed by atoms with van der Waals surface area (Å²) >= 11 is 1.36. The van der Waals surface area contributed by atoms with E-state index in [1.165, 1.54) is 11.3 Å². The van der Waals surface area contributed by atoms with Crippen molar-refractivity contribution in [1.82, 2.24) is 30.7 Å². The average Bonchev–Trinajstić information content (AvgIpc) is 3.73. The van der Waals surface area contributed by atoms with Gasteiger partial charge in [0.25, 0.3) is 5.91 Å². The lowest BCUT2D eigenvalue weighted by Gasteiger charge is -2.40. The lowest BCUT2D eigenvalue weighted by Crippen LogP contribution is -2.58. The van der Waals surface area contributed by atoms with Gasteiger partial charge in [-0.1, -0.05) is 78.6 Å². The van der Waals surface area contributed by atoms with Crippen LogP contribution < -0.4 is 16.0 Å². The van der Waals surface area contributed by atoms with E-state index < -0.39 is 41.8 Å². The maximum atomic E-state index is 14.7. The Labute approximate surface area is 380 Å². The number of amides is 4. The highest BCUT2D eigenvalue weighted by Gasteiger charge is 2.39. The summed E-state index contributed by atoms with van der Waals surface area (Å²) in [6.45, 7) is 21.4. The number of nitrogens with zero attached hydrogens (tertiary/aromatic N) is 3. The van der Waals surface area contributed by atoms with Crippen molar-refractivity contribution >= 4 is 41.1 Å². The molecule has 8 atom stereocenters. The zero-order valence-electron chi connectivity index (χ0n) is 39.8. The van der Waals surface area contributed by atoms with Gasteiger partial charge in [-0.15, -0.1) is 11.3 Å². The number of benzene rings is 1. The SMILES string of the molecule is CCCO[C@H](CC(C(C)C)N(CCC)C(=O)[C@@H](NC(=O)[C@H]1CCCCN1C)[C@@H](C)CC)c1nc(C(=O)N[C@H]2Cc3ccccc3[C@H](C(=O)OC(C)CNC(=O)OC(C)(C)C)C2)cs1. The number of thiazole rings is 1. The molecule has 0 saturated carbocycles. The number of likely N-dealkylation sites (tertiary alicyclic amines) is 1. The topological polar surface area (TPSA) is 168 Å². The number of esters is 1. The fourth-order valence-corrected chi connectivity index (χ4v) is 9.35. The molecule has 15 heteroatoms. The molecular formula is C48H76N6O8S. The van der Waals surface area contributed by atoms with Gasteiger partial charge < -0.3 is 35.1 Å². The van der Waals surface area contributed by atoms with Crippen LogP contribution in [0.5, 0.6) is 0 Å². The van der Waals surface area contributed by atoms with Gasteiger partial charge in [-0.25, -0.2) is 9.78 Å². The lowest BCUT2D eigenvalue weighted by atomic mass is 9.80. The van der Waals surface area contributed by atoms with Crippen LogP contribution in [0, 0.1) is 11.8 Å². The fourth-order valence-electron chi connectivity index (χ4n) is 8.49.